The van der Waals surface area contributed by atoms with Gasteiger partial charge in [0, 0.05) is 24.9 Å². The van der Waals surface area contributed by atoms with Gasteiger partial charge >= 0.3 is 0 Å². The molecular weight excluding hydrogens is 236 g/mol. The molecule has 3 fully saturated rings. The van der Waals surface area contributed by atoms with E-state index in [9.17, 15) is 13.6 Å². The molecule has 0 bridgehead atoms. The molecule has 2 atom stereocenters. The summed E-state index contributed by atoms with van der Waals surface area (Å²) in [5.41, 5.74) is 0.273. The van der Waals surface area contributed by atoms with Crippen LogP contribution in [0, 0.1) is 23.2 Å². The Balaban J connectivity index is 1.53. The van der Waals surface area contributed by atoms with Crippen molar-refractivity contribution in [2.75, 3.05) is 13.1 Å². The first-order valence-corrected chi connectivity index (χ1v) is 7.00. The summed E-state index contributed by atoms with van der Waals surface area (Å²) in [4.78, 5) is 13.5. The van der Waals surface area contributed by atoms with Gasteiger partial charge in [-0.25, -0.2) is 8.78 Å². The van der Waals surface area contributed by atoms with Crippen LogP contribution in [-0.2, 0) is 4.79 Å². The van der Waals surface area contributed by atoms with Crippen LogP contribution in [0.1, 0.15) is 39.5 Å². The molecule has 1 spiro atoms. The van der Waals surface area contributed by atoms with E-state index in [2.05, 4.69) is 13.8 Å². The highest BCUT2D eigenvalue weighted by atomic mass is 19.3. The first-order chi connectivity index (χ1) is 8.33. The molecule has 18 heavy (non-hydrogen) atoms. The van der Waals surface area contributed by atoms with Crippen molar-refractivity contribution in [2.45, 2.75) is 45.5 Å². The van der Waals surface area contributed by atoms with Crippen LogP contribution in [0.15, 0.2) is 0 Å². The van der Waals surface area contributed by atoms with Crippen molar-refractivity contribution >= 4 is 5.91 Å². The van der Waals surface area contributed by atoms with Crippen molar-refractivity contribution in [3.05, 3.63) is 0 Å². The molecule has 2 nitrogen and oxygen atoms in total. The predicted molar refractivity (Wildman–Crippen MR) is 64.2 cm³/mol. The fourth-order valence-electron chi connectivity index (χ4n) is 3.73. The number of carbonyl (C=O) groups is 1. The summed E-state index contributed by atoms with van der Waals surface area (Å²) >= 11 is 0. The Morgan fingerprint density at radius 2 is 1.89 bits per heavy atom. The van der Waals surface area contributed by atoms with Crippen LogP contribution < -0.4 is 0 Å². The minimum atomic E-state index is -2.71. The van der Waals surface area contributed by atoms with Crippen LogP contribution in [0.4, 0.5) is 8.78 Å². The second kappa shape index (κ2) is 3.67. The number of rotatable bonds is 2. The number of halogens is 2. The Morgan fingerprint density at radius 3 is 2.33 bits per heavy atom. The van der Waals surface area contributed by atoms with E-state index < -0.39 is 11.8 Å². The third-order valence-electron chi connectivity index (χ3n) is 5.17. The quantitative estimate of drug-likeness (QED) is 0.745. The van der Waals surface area contributed by atoms with Crippen molar-refractivity contribution in [3.63, 3.8) is 0 Å². The molecule has 102 valence electrons. The van der Waals surface area contributed by atoms with Crippen LogP contribution in [0.3, 0.4) is 0 Å². The van der Waals surface area contributed by atoms with Crippen LogP contribution in [0.25, 0.3) is 0 Å². The van der Waals surface area contributed by atoms with E-state index in [1.807, 2.05) is 0 Å². The fraction of sp³-hybridized carbons (Fsp3) is 0.929. The standard InChI is InChI=1S/C14H21F2NO/c1-9(2)10-3-4-13(5-10)7-17(8-13)12(18)11-6-14(11,15)16/h9-11H,3-8H2,1-2H3. The first kappa shape index (κ1) is 12.4. The van der Waals surface area contributed by atoms with E-state index in [0.29, 0.717) is 5.92 Å². The Morgan fingerprint density at radius 1 is 1.28 bits per heavy atom. The molecule has 1 saturated heterocycles. The first-order valence-electron chi connectivity index (χ1n) is 7.00. The average Bonchev–Trinajstić information content (AvgIpc) is 2.73. The van der Waals surface area contributed by atoms with Gasteiger partial charge in [-0.2, -0.15) is 0 Å². The van der Waals surface area contributed by atoms with E-state index >= 15 is 0 Å². The number of amides is 1. The van der Waals surface area contributed by atoms with Gasteiger partial charge in [0.15, 0.2) is 0 Å². The maximum Gasteiger partial charge on any atom is 0.260 e. The van der Waals surface area contributed by atoms with E-state index in [0.717, 1.165) is 19.0 Å². The highest BCUT2D eigenvalue weighted by Gasteiger charge is 2.64. The topological polar surface area (TPSA) is 20.3 Å². The van der Waals surface area contributed by atoms with Gasteiger partial charge in [-0.3, -0.25) is 4.79 Å². The third-order valence-corrected chi connectivity index (χ3v) is 5.17. The molecule has 2 unspecified atom stereocenters. The summed E-state index contributed by atoms with van der Waals surface area (Å²) < 4.78 is 25.7. The number of alkyl halides is 2. The molecule has 2 saturated carbocycles. The van der Waals surface area contributed by atoms with Crippen molar-refractivity contribution in [3.8, 4) is 0 Å². The summed E-state index contributed by atoms with van der Waals surface area (Å²) in [5.74, 6) is -2.57. The molecule has 0 radical (unpaired) electrons. The van der Waals surface area contributed by atoms with Gasteiger partial charge in [0.25, 0.3) is 5.92 Å². The van der Waals surface area contributed by atoms with Crippen molar-refractivity contribution in [2.24, 2.45) is 23.2 Å². The van der Waals surface area contributed by atoms with Gasteiger partial charge < -0.3 is 4.90 Å². The van der Waals surface area contributed by atoms with Gasteiger partial charge in [-0.1, -0.05) is 13.8 Å². The molecule has 1 aliphatic heterocycles. The summed E-state index contributed by atoms with van der Waals surface area (Å²) in [7, 11) is 0. The van der Waals surface area contributed by atoms with Crippen LogP contribution in [0.2, 0.25) is 0 Å². The molecule has 0 N–H and O–H groups in total. The Bertz CT molecular complexity index is 374. The highest BCUT2D eigenvalue weighted by molar-refractivity contribution is 5.83. The molecule has 1 amide bonds. The molecule has 0 aromatic carbocycles. The number of carbonyl (C=O) groups excluding carboxylic acids is 1. The molecule has 3 aliphatic rings. The fourth-order valence-corrected chi connectivity index (χ4v) is 3.73. The van der Waals surface area contributed by atoms with Crippen molar-refractivity contribution in [1.82, 2.24) is 4.90 Å². The number of nitrogens with zero attached hydrogens (tertiary/aromatic N) is 1. The Hall–Kier alpha value is -0.670. The highest BCUT2D eigenvalue weighted by Crippen LogP contribution is 2.54. The summed E-state index contributed by atoms with van der Waals surface area (Å²) in [6, 6.07) is 0. The van der Waals surface area contributed by atoms with E-state index in [1.54, 1.807) is 4.90 Å². The lowest BCUT2D eigenvalue weighted by Gasteiger charge is -2.48. The number of hydrogen-bond acceptors (Lipinski definition) is 1. The molecule has 1 heterocycles. The van der Waals surface area contributed by atoms with Crippen molar-refractivity contribution in [1.29, 1.82) is 0 Å². The zero-order valence-electron chi connectivity index (χ0n) is 11.1. The van der Waals surface area contributed by atoms with Gasteiger partial charge in [-0.15, -0.1) is 0 Å². The second-order valence-electron chi connectivity index (χ2n) is 6.96. The van der Waals surface area contributed by atoms with Crippen LogP contribution in [-0.4, -0.2) is 29.8 Å². The molecular formula is C14H21F2NO. The monoisotopic (exact) mass is 257 g/mol. The van der Waals surface area contributed by atoms with Gasteiger partial charge in [-0.05, 0) is 31.1 Å². The van der Waals surface area contributed by atoms with Gasteiger partial charge in [0.05, 0.1) is 0 Å². The summed E-state index contributed by atoms with van der Waals surface area (Å²) in [5, 5.41) is 0. The van der Waals surface area contributed by atoms with Gasteiger partial charge in [0.1, 0.15) is 5.92 Å². The van der Waals surface area contributed by atoms with E-state index in [-0.39, 0.29) is 17.7 Å². The second-order valence-corrected chi connectivity index (χ2v) is 6.96. The minimum Gasteiger partial charge on any atom is -0.341 e. The Labute approximate surface area is 107 Å². The lowest BCUT2D eigenvalue weighted by Crippen LogP contribution is -2.58. The Kier molecular flexibility index (Phi) is 2.52. The summed E-state index contributed by atoms with van der Waals surface area (Å²) in [6.07, 6.45) is 3.35. The lowest BCUT2D eigenvalue weighted by molar-refractivity contribution is -0.147. The normalized spacial score (nSPS) is 35.9. The molecule has 3 rings (SSSR count). The maximum atomic E-state index is 12.9. The SMILES string of the molecule is CC(C)C1CCC2(C1)CN(C(=O)C1CC1(F)F)C2. The van der Waals surface area contributed by atoms with Crippen molar-refractivity contribution < 1.29 is 13.6 Å². The largest absolute Gasteiger partial charge is 0.341 e. The predicted octanol–water partition coefficient (Wildman–Crippen LogP) is 2.93. The number of likely N-dealkylation sites (tertiary alicyclic amines) is 1. The average molecular weight is 257 g/mol. The molecule has 2 aliphatic carbocycles. The smallest absolute Gasteiger partial charge is 0.260 e. The lowest BCUT2D eigenvalue weighted by atomic mass is 9.76. The molecule has 0 aromatic heterocycles. The molecule has 0 aromatic rings. The minimum absolute atomic E-state index is 0.232. The van der Waals surface area contributed by atoms with E-state index in [4.69, 9.17) is 0 Å². The zero-order chi connectivity index (χ0) is 13.1. The number of hydrogen-bond donors (Lipinski definition) is 0. The third kappa shape index (κ3) is 1.84. The van der Waals surface area contributed by atoms with E-state index in [1.165, 1.54) is 19.3 Å². The zero-order valence-corrected chi connectivity index (χ0v) is 11.1. The maximum absolute atomic E-state index is 12.9. The summed E-state index contributed by atoms with van der Waals surface area (Å²) in [6.45, 7) is 5.94. The van der Waals surface area contributed by atoms with Crippen LogP contribution in [0.5, 0.6) is 0 Å². The van der Waals surface area contributed by atoms with Crippen LogP contribution >= 0.6 is 0 Å². The molecule has 4 heteroatoms. The van der Waals surface area contributed by atoms with Gasteiger partial charge in [0.2, 0.25) is 5.91 Å².